The topological polar surface area (TPSA) is 87.4 Å². The Kier molecular flexibility index (Phi) is 5.29. The van der Waals surface area contributed by atoms with Crippen LogP contribution in [-0.2, 0) is 0 Å². The average molecular weight is 481 g/mol. The summed E-state index contributed by atoms with van der Waals surface area (Å²) in [6, 6.07) is 15.1. The lowest BCUT2D eigenvalue weighted by Crippen LogP contribution is -2.11. The highest BCUT2D eigenvalue weighted by Gasteiger charge is 2.16. The van der Waals surface area contributed by atoms with Crippen molar-refractivity contribution in [3.8, 4) is 11.8 Å². The molecule has 0 fully saturated rings. The summed E-state index contributed by atoms with van der Waals surface area (Å²) in [5.41, 5.74) is 3.55. The second kappa shape index (κ2) is 7.90. The van der Waals surface area contributed by atoms with E-state index in [2.05, 4.69) is 37.1 Å². The molecule has 0 radical (unpaired) electrons. The molecule has 0 atom stereocenters. The van der Waals surface area contributed by atoms with E-state index in [1.165, 1.54) is 0 Å². The van der Waals surface area contributed by atoms with Gasteiger partial charge in [0.1, 0.15) is 11.2 Å². The van der Waals surface area contributed by atoms with Gasteiger partial charge in [-0.3, -0.25) is 4.79 Å². The maximum Gasteiger partial charge on any atom is 0.259 e. The van der Waals surface area contributed by atoms with Crippen molar-refractivity contribution < 1.29 is 0 Å². The van der Waals surface area contributed by atoms with E-state index in [0.717, 1.165) is 15.7 Å². The minimum Gasteiger partial charge on any atom is -0.305 e. The predicted octanol–water partition coefficient (Wildman–Crippen LogP) is 5.21. The lowest BCUT2D eigenvalue weighted by molar-refractivity contribution is 0.863. The van der Waals surface area contributed by atoms with Gasteiger partial charge in [-0.2, -0.15) is 10.4 Å². The average Bonchev–Trinajstić information content (AvgIpc) is 3.00. The first-order valence-electron chi connectivity index (χ1n) is 9.01. The number of aromatic amines is 1. The number of allylic oxidation sites excluding steroid dienone is 1. The Labute approximate surface area is 185 Å². The van der Waals surface area contributed by atoms with Crippen molar-refractivity contribution in [3.63, 3.8) is 0 Å². The molecule has 0 spiro atoms. The van der Waals surface area contributed by atoms with E-state index in [-0.39, 0.29) is 17.0 Å². The first kappa shape index (κ1) is 20.1. The fourth-order valence-electron chi connectivity index (χ4n) is 3.07. The lowest BCUT2D eigenvalue weighted by atomic mass is 10.1. The molecule has 2 aromatic heterocycles. The zero-order valence-electron chi connectivity index (χ0n) is 16.1. The second-order valence-corrected chi connectivity index (χ2v) is 8.06. The fraction of sp³-hybridized carbons (Fsp3) is 0.0909. The summed E-state index contributed by atoms with van der Waals surface area (Å²) in [7, 11) is 0. The molecule has 0 amide bonds. The maximum atomic E-state index is 12.5. The molecule has 4 aromatic rings. The number of nitrogens with zero attached hydrogens (tertiary/aromatic N) is 4. The zero-order valence-corrected chi connectivity index (χ0v) is 18.4. The quantitative estimate of drug-likeness (QED) is 0.408. The molecule has 1 N–H and O–H groups in total. The summed E-state index contributed by atoms with van der Waals surface area (Å²) < 4.78 is 2.39. The standard InChI is InChI=1S/C22H15BrClN5O/c1-12-3-6-16(7-4-12)29-20(24)17(13(2)28-29)9-14(11-25)21-26-19-8-5-15(23)10-18(19)22(30)27-21/h3-10H,1-2H3,(H,26,27,30)/b14-9+. The van der Waals surface area contributed by atoms with Gasteiger partial charge in [-0.1, -0.05) is 45.2 Å². The zero-order chi connectivity index (χ0) is 21.4. The molecule has 0 bridgehead atoms. The van der Waals surface area contributed by atoms with Crippen LogP contribution in [-0.4, -0.2) is 19.7 Å². The molecular formula is C22H15BrClN5O. The molecule has 2 heterocycles. The number of nitriles is 1. The van der Waals surface area contributed by atoms with Gasteiger partial charge in [0.05, 0.1) is 27.9 Å². The Morgan fingerprint density at radius 3 is 2.67 bits per heavy atom. The summed E-state index contributed by atoms with van der Waals surface area (Å²) >= 11 is 9.93. The molecule has 0 saturated carbocycles. The van der Waals surface area contributed by atoms with E-state index in [0.29, 0.717) is 27.3 Å². The Morgan fingerprint density at radius 2 is 1.97 bits per heavy atom. The molecular weight excluding hydrogens is 466 g/mol. The van der Waals surface area contributed by atoms with Gasteiger partial charge in [-0.15, -0.1) is 0 Å². The number of aryl methyl sites for hydroxylation is 2. The third kappa shape index (κ3) is 3.67. The van der Waals surface area contributed by atoms with Crippen molar-refractivity contribution in [2.45, 2.75) is 13.8 Å². The molecule has 30 heavy (non-hydrogen) atoms. The Hall–Kier alpha value is -3.21. The van der Waals surface area contributed by atoms with Gasteiger partial charge < -0.3 is 4.98 Å². The van der Waals surface area contributed by atoms with Crippen molar-refractivity contribution in [2.75, 3.05) is 0 Å². The third-order valence-electron chi connectivity index (χ3n) is 4.66. The Balaban J connectivity index is 1.83. The summed E-state index contributed by atoms with van der Waals surface area (Å²) in [6.45, 7) is 3.81. The minimum atomic E-state index is -0.324. The Morgan fingerprint density at radius 1 is 1.23 bits per heavy atom. The van der Waals surface area contributed by atoms with Crippen LogP contribution in [0.4, 0.5) is 0 Å². The fourth-order valence-corrected chi connectivity index (χ4v) is 3.76. The van der Waals surface area contributed by atoms with E-state index >= 15 is 0 Å². The van der Waals surface area contributed by atoms with Crippen molar-refractivity contribution in [1.29, 1.82) is 5.26 Å². The van der Waals surface area contributed by atoms with Gasteiger partial charge in [-0.05, 0) is 50.3 Å². The Bertz CT molecular complexity index is 1410. The van der Waals surface area contributed by atoms with E-state index in [4.69, 9.17) is 11.6 Å². The van der Waals surface area contributed by atoms with Crippen LogP contribution in [0.5, 0.6) is 0 Å². The van der Waals surface area contributed by atoms with Crippen LogP contribution in [0.3, 0.4) is 0 Å². The van der Waals surface area contributed by atoms with Gasteiger partial charge in [0.25, 0.3) is 5.56 Å². The lowest BCUT2D eigenvalue weighted by Gasteiger charge is -2.04. The summed E-state index contributed by atoms with van der Waals surface area (Å²) in [4.78, 5) is 19.6. The van der Waals surface area contributed by atoms with Crippen LogP contribution in [0.25, 0.3) is 28.2 Å². The third-order valence-corrected chi connectivity index (χ3v) is 5.52. The molecule has 0 aliphatic rings. The number of halogens is 2. The molecule has 8 heteroatoms. The smallest absolute Gasteiger partial charge is 0.259 e. The van der Waals surface area contributed by atoms with Gasteiger partial charge >= 0.3 is 0 Å². The van der Waals surface area contributed by atoms with Crippen LogP contribution in [0, 0.1) is 25.2 Å². The molecule has 0 aliphatic heterocycles. The number of benzene rings is 2. The first-order chi connectivity index (χ1) is 14.4. The van der Waals surface area contributed by atoms with Gasteiger partial charge in [0, 0.05) is 10.0 Å². The monoisotopic (exact) mass is 479 g/mol. The largest absolute Gasteiger partial charge is 0.305 e. The van der Waals surface area contributed by atoms with Gasteiger partial charge in [-0.25, -0.2) is 9.67 Å². The van der Waals surface area contributed by atoms with Crippen LogP contribution >= 0.6 is 27.5 Å². The van der Waals surface area contributed by atoms with Crippen LogP contribution in [0.15, 0.2) is 51.7 Å². The summed E-state index contributed by atoms with van der Waals surface area (Å²) in [5.74, 6) is 0.177. The van der Waals surface area contributed by atoms with E-state index in [1.54, 1.807) is 29.0 Å². The molecule has 0 aliphatic carbocycles. The van der Waals surface area contributed by atoms with Crippen LogP contribution in [0.2, 0.25) is 5.15 Å². The van der Waals surface area contributed by atoms with Crippen molar-refractivity contribution in [2.24, 2.45) is 0 Å². The van der Waals surface area contributed by atoms with Gasteiger partial charge in [0.15, 0.2) is 5.82 Å². The predicted molar refractivity (Wildman–Crippen MR) is 122 cm³/mol. The van der Waals surface area contributed by atoms with E-state index in [1.807, 2.05) is 38.1 Å². The summed E-state index contributed by atoms with van der Waals surface area (Å²) in [6.07, 6.45) is 1.60. The summed E-state index contributed by atoms with van der Waals surface area (Å²) in [5, 5.41) is 15.0. The SMILES string of the molecule is Cc1ccc(-n2nc(C)c(/C=C(\C#N)c3nc4ccc(Br)cc4c(=O)[nH]3)c2Cl)cc1. The second-order valence-electron chi connectivity index (χ2n) is 6.78. The first-order valence-corrected chi connectivity index (χ1v) is 10.2. The number of hydrogen-bond donors (Lipinski definition) is 1. The molecule has 0 unspecified atom stereocenters. The molecule has 0 saturated heterocycles. The van der Waals surface area contributed by atoms with E-state index < -0.39 is 0 Å². The number of hydrogen-bond acceptors (Lipinski definition) is 4. The highest BCUT2D eigenvalue weighted by Crippen LogP contribution is 2.27. The van der Waals surface area contributed by atoms with Crippen molar-refractivity contribution in [1.82, 2.24) is 19.7 Å². The highest BCUT2D eigenvalue weighted by molar-refractivity contribution is 9.10. The maximum absolute atomic E-state index is 12.5. The molecule has 4 rings (SSSR count). The molecule has 148 valence electrons. The van der Waals surface area contributed by atoms with Crippen LogP contribution < -0.4 is 5.56 Å². The van der Waals surface area contributed by atoms with E-state index in [9.17, 15) is 10.1 Å². The van der Waals surface area contributed by atoms with Crippen molar-refractivity contribution >= 4 is 50.1 Å². The van der Waals surface area contributed by atoms with Crippen molar-refractivity contribution in [3.05, 3.63) is 85.1 Å². The number of nitrogens with one attached hydrogen (secondary N) is 1. The highest BCUT2D eigenvalue weighted by atomic mass is 79.9. The number of fused-ring (bicyclic) bond motifs is 1. The normalized spacial score (nSPS) is 11.6. The van der Waals surface area contributed by atoms with Gasteiger partial charge in [0.2, 0.25) is 0 Å². The molecule has 6 nitrogen and oxygen atoms in total. The number of rotatable bonds is 3. The number of H-pyrrole nitrogens is 1. The minimum absolute atomic E-state index is 0.177. The number of aromatic nitrogens is 4. The van der Waals surface area contributed by atoms with Crippen LogP contribution in [0.1, 0.15) is 22.6 Å². The molecule has 2 aromatic carbocycles.